The Morgan fingerprint density at radius 2 is 2.00 bits per heavy atom. The van der Waals surface area contributed by atoms with Crippen molar-refractivity contribution in [3.63, 3.8) is 0 Å². The average Bonchev–Trinajstić information content (AvgIpc) is 2.45. The van der Waals surface area contributed by atoms with E-state index in [1.807, 2.05) is 19.9 Å². The highest BCUT2D eigenvalue weighted by Crippen LogP contribution is 2.25. The molecule has 2 aromatic rings. The van der Waals surface area contributed by atoms with E-state index >= 15 is 0 Å². The van der Waals surface area contributed by atoms with Crippen molar-refractivity contribution in [2.75, 3.05) is 0 Å². The van der Waals surface area contributed by atoms with Gasteiger partial charge in [-0.05, 0) is 30.5 Å². The number of hydrogen-bond acceptors (Lipinski definition) is 3. The van der Waals surface area contributed by atoms with Crippen LogP contribution in [-0.4, -0.2) is 10.1 Å². The first-order valence-electron chi connectivity index (χ1n) is 6.52. The molecule has 100 valence electrons. The largest absolute Gasteiger partial charge is 0.388 e. The molecule has 0 aliphatic heterocycles. The second-order valence-corrected chi connectivity index (χ2v) is 5.57. The topological polar surface area (TPSA) is 33.1 Å². The molecule has 0 saturated carbocycles. The van der Waals surface area contributed by atoms with Gasteiger partial charge in [0.15, 0.2) is 0 Å². The molecule has 19 heavy (non-hydrogen) atoms. The maximum absolute atomic E-state index is 9.86. The number of nitrogens with zero attached hydrogens (tertiary/aromatic N) is 1. The molecular formula is C16H19NOS. The second kappa shape index (κ2) is 6.73. The van der Waals surface area contributed by atoms with Gasteiger partial charge in [-0.1, -0.05) is 37.3 Å². The van der Waals surface area contributed by atoms with Crippen molar-refractivity contribution in [3.8, 4) is 0 Å². The van der Waals surface area contributed by atoms with E-state index in [0.717, 1.165) is 28.3 Å². The van der Waals surface area contributed by atoms with Crippen molar-refractivity contribution < 1.29 is 5.11 Å². The van der Waals surface area contributed by atoms with E-state index in [1.54, 1.807) is 18.0 Å². The molecule has 2 rings (SSSR count). The molecule has 0 fully saturated rings. The summed E-state index contributed by atoms with van der Waals surface area (Å²) >= 11 is 1.72. The van der Waals surface area contributed by atoms with Gasteiger partial charge >= 0.3 is 0 Å². The molecule has 0 aliphatic carbocycles. The first kappa shape index (κ1) is 14.1. The molecule has 1 aromatic carbocycles. The van der Waals surface area contributed by atoms with E-state index in [-0.39, 0.29) is 0 Å². The summed E-state index contributed by atoms with van der Waals surface area (Å²) in [4.78, 5) is 4.43. The zero-order valence-corrected chi connectivity index (χ0v) is 12.2. The van der Waals surface area contributed by atoms with Gasteiger partial charge in [-0.3, -0.25) is 0 Å². The number of thioether (sulfide) groups is 1. The van der Waals surface area contributed by atoms with Gasteiger partial charge in [0, 0.05) is 17.5 Å². The van der Waals surface area contributed by atoms with E-state index in [1.165, 1.54) is 5.56 Å². The highest BCUT2D eigenvalue weighted by molar-refractivity contribution is 7.98. The third-order valence-corrected chi connectivity index (χ3v) is 4.10. The summed E-state index contributed by atoms with van der Waals surface area (Å²) in [5.74, 6) is 0.920. The van der Waals surface area contributed by atoms with Crippen LogP contribution in [0.2, 0.25) is 0 Å². The van der Waals surface area contributed by atoms with Crippen molar-refractivity contribution in [1.29, 1.82) is 0 Å². The lowest BCUT2D eigenvalue weighted by atomic mass is 10.1. The van der Waals surface area contributed by atoms with Gasteiger partial charge in [-0.15, -0.1) is 11.8 Å². The molecule has 3 heteroatoms. The summed E-state index contributed by atoms with van der Waals surface area (Å²) in [6.45, 7) is 4.00. The van der Waals surface area contributed by atoms with E-state index in [4.69, 9.17) is 0 Å². The molecule has 1 atom stereocenters. The SMILES string of the molecule is CC[C@@H](O)c1cnc(SCc2ccccc2)cc1C. The van der Waals surface area contributed by atoms with Gasteiger partial charge in [0.1, 0.15) is 0 Å². The number of pyridine rings is 1. The minimum Gasteiger partial charge on any atom is -0.388 e. The van der Waals surface area contributed by atoms with Gasteiger partial charge < -0.3 is 5.11 Å². The molecule has 0 bridgehead atoms. The number of benzene rings is 1. The van der Waals surface area contributed by atoms with Crippen molar-refractivity contribution in [2.45, 2.75) is 37.2 Å². The Morgan fingerprint density at radius 3 is 2.63 bits per heavy atom. The predicted molar refractivity (Wildman–Crippen MR) is 80.2 cm³/mol. The van der Waals surface area contributed by atoms with Crippen LogP contribution in [0.4, 0.5) is 0 Å². The Hall–Kier alpha value is -1.32. The van der Waals surface area contributed by atoms with Crippen LogP contribution in [0.3, 0.4) is 0 Å². The first-order chi connectivity index (χ1) is 9.20. The monoisotopic (exact) mass is 273 g/mol. The Morgan fingerprint density at radius 1 is 1.26 bits per heavy atom. The molecule has 0 radical (unpaired) electrons. The lowest BCUT2D eigenvalue weighted by molar-refractivity contribution is 0.172. The first-order valence-corrected chi connectivity index (χ1v) is 7.50. The maximum Gasteiger partial charge on any atom is 0.0965 e. The van der Waals surface area contributed by atoms with Crippen molar-refractivity contribution in [3.05, 3.63) is 59.3 Å². The molecule has 0 saturated heterocycles. The van der Waals surface area contributed by atoms with Gasteiger partial charge in [-0.2, -0.15) is 0 Å². The van der Waals surface area contributed by atoms with Gasteiger partial charge in [0.05, 0.1) is 11.1 Å². The van der Waals surface area contributed by atoms with Gasteiger partial charge in [0.25, 0.3) is 0 Å². The van der Waals surface area contributed by atoms with Gasteiger partial charge in [0.2, 0.25) is 0 Å². The van der Waals surface area contributed by atoms with Crippen LogP contribution in [0.5, 0.6) is 0 Å². The molecule has 1 aromatic heterocycles. The number of aromatic nitrogens is 1. The smallest absolute Gasteiger partial charge is 0.0965 e. The Labute approximate surface area is 118 Å². The van der Waals surface area contributed by atoms with Crippen molar-refractivity contribution in [1.82, 2.24) is 4.98 Å². The Bertz CT molecular complexity index is 528. The van der Waals surface area contributed by atoms with Crippen LogP contribution < -0.4 is 0 Å². The highest BCUT2D eigenvalue weighted by atomic mass is 32.2. The summed E-state index contributed by atoms with van der Waals surface area (Å²) in [7, 11) is 0. The second-order valence-electron chi connectivity index (χ2n) is 4.58. The van der Waals surface area contributed by atoms with E-state index < -0.39 is 6.10 Å². The minimum absolute atomic E-state index is 0.402. The number of aliphatic hydroxyl groups excluding tert-OH is 1. The standard InChI is InChI=1S/C16H19NOS/c1-3-15(18)14-10-17-16(9-12(14)2)19-11-13-7-5-4-6-8-13/h4-10,15,18H,3,11H2,1-2H3/t15-/m1/s1. The minimum atomic E-state index is -0.402. The Balaban J connectivity index is 2.04. The number of rotatable bonds is 5. The average molecular weight is 273 g/mol. The molecule has 0 amide bonds. The molecule has 1 heterocycles. The maximum atomic E-state index is 9.86. The molecule has 2 nitrogen and oxygen atoms in total. The van der Waals surface area contributed by atoms with Crippen molar-refractivity contribution >= 4 is 11.8 Å². The Kier molecular flexibility index (Phi) is 5.00. The van der Waals surface area contributed by atoms with Crippen LogP contribution in [-0.2, 0) is 5.75 Å². The molecule has 0 aliphatic rings. The lowest BCUT2D eigenvalue weighted by Gasteiger charge is -2.12. The summed E-state index contributed by atoms with van der Waals surface area (Å²) < 4.78 is 0. The molecule has 1 N–H and O–H groups in total. The van der Waals surface area contributed by atoms with Crippen LogP contribution in [0, 0.1) is 6.92 Å². The van der Waals surface area contributed by atoms with Gasteiger partial charge in [-0.25, -0.2) is 4.98 Å². The molecule has 0 unspecified atom stereocenters. The van der Waals surface area contributed by atoms with Crippen LogP contribution in [0.1, 0.15) is 36.1 Å². The fourth-order valence-electron chi connectivity index (χ4n) is 1.92. The molecular weight excluding hydrogens is 254 g/mol. The summed E-state index contributed by atoms with van der Waals surface area (Å²) in [6, 6.07) is 12.4. The highest BCUT2D eigenvalue weighted by Gasteiger charge is 2.09. The summed E-state index contributed by atoms with van der Waals surface area (Å²) in [5.41, 5.74) is 3.34. The third kappa shape index (κ3) is 3.82. The van der Waals surface area contributed by atoms with Crippen LogP contribution >= 0.6 is 11.8 Å². The normalized spacial score (nSPS) is 12.4. The summed E-state index contributed by atoms with van der Waals surface area (Å²) in [6.07, 6.45) is 2.12. The van der Waals surface area contributed by atoms with E-state index in [2.05, 4.69) is 35.3 Å². The number of hydrogen-bond donors (Lipinski definition) is 1. The number of aryl methyl sites for hydroxylation is 1. The zero-order chi connectivity index (χ0) is 13.7. The summed E-state index contributed by atoms with van der Waals surface area (Å²) in [5, 5.41) is 10.9. The quantitative estimate of drug-likeness (QED) is 0.832. The van der Waals surface area contributed by atoms with Crippen LogP contribution in [0.25, 0.3) is 0 Å². The fourth-order valence-corrected chi connectivity index (χ4v) is 2.81. The van der Waals surface area contributed by atoms with Crippen molar-refractivity contribution in [2.24, 2.45) is 0 Å². The van der Waals surface area contributed by atoms with Crippen LogP contribution in [0.15, 0.2) is 47.6 Å². The fraction of sp³-hybridized carbons (Fsp3) is 0.312. The third-order valence-electron chi connectivity index (χ3n) is 3.10. The predicted octanol–water partition coefficient (Wildman–Crippen LogP) is 4.13. The van der Waals surface area contributed by atoms with E-state index in [0.29, 0.717) is 0 Å². The lowest BCUT2D eigenvalue weighted by Crippen LogP contribution is -1.99. The zero-order valence-electron chi connectivity index (χ0n) is 11.3. The molecule has 0 spiro atoms. The van der Waals surface area contributed by atoms with E-state index in [9.17, 15) is 5.11 Å². The number of aliphatic hydroxyl groups is 1.